The summed E-state index contributed by atoms with van der Waals surface area (Å²) >= 11 is 0. The molecule has 0 bridgehead atoms. The first-order chi connectivity index (χ1) is 18.4. The molecule has 0 saturated heterocycles. The van der Waals surface area contributed by atoms with Crippen LogP contribution in [-0.2, 0) is 16.1 Å². The van der Waals surface area contributed by atoms with Gasteiger partial charge in [-0.1, -0.05) is 41.6 Å². The van der Waals surface area contributed by atoms with Gasteiger partial charge in [0.25, 0.3) is 5.89 Å². The Hall–Kier alpha value is -4.21. The van der Waals surface area contributed by atoms with Crippen molar-refractivity contribution < 1.29 is 28.3 Å². The first-order valence-electron chi connectivity index (χ1n) is 12.0. The molecule has 0 aliphatic carbocycles. The molecule has 38 heavy (non-hydrogen) atoms. The van der Waals surface area contributed by atoms with E-state index in [2.05, 4.69) is 34.5 Å². The number of aromatic nitrogens is 2. The van der Waals surface area contributed by atoms with Gasteiger partial charge in [-0.05, 0) is 73.5 Å². The van der Waals surface area contributed by atoms with Crippen LogP contribution < -0.4 is 5.32 Å². The van der Waals surface area contributed by atoms with Gasteiger partial charge in [0.15, 0.2) is 6.29 Å². The second-order valence-corrected chi connectivity index (χ2v) is 8.50. The average Bonchev–Trinajstić information content (AvgIpc) is 3.40. The summed E-state index contributed by atoms with van der Waals surface area (Å²) in [5.74, 6) is -0.782. The highest BCUT2D eigenvalue weighted by atomic mass is 19.1. The van der Waals surface area contributed by atoms with E-state index in [4.69, 9.17) is 14.4 Å². The number of carboxylic acid groups (broad SMARTS) is 1. The molecule has 1 heterocycles. The van der Waals surface area contributed by atoms with Crippen LogP contribution in [0.15, 0.2) is 65.2 Å². The van der Waals surface area contributed by atoms with Crippen molar-refractivity contribution in [1.29, 1.82) is 0 Å². The molecule has 0 radical (unpaired) electrons. The van der Waals surface area contributed by atoms with Crippen molar-refractivity contribution >= 4 is 12.3 Å². The van der Waals surface area contributed by atoms with Crippen LogP contribution in [-0.4, -0.2) is 48.2 Å². The summed E-state index contributed by atoms with van der Waals surface area (Å²) < 4.78 is 24.7. The van der Waals surface area contributed by atoms with Crippen molar-refractivity contribution in [3.8, 4) is 34.0 Å². The number of carboxylic acids is 1. The van der Waals surface area contributed by atoms with E-state index >= 15 is 0 Å². The van der Waals surface area contributed by atoms with Crippen LogP contribution >= 0.6 is 0 Å². The van der Waals surface area contributed by atoms with E-state index in [0.717, 1.165) is 28.8 Å². The van der Waals surface area contributed by atoms with Crippen molar-refractivity contribution in [3.63, 3.8) is 0 Å². The maximum absolute atomic E-state index is 13.9. The summed E-state index contributed by atoms with van der Waals surface area (Å²) in [6.07, 6.45) is 1.45. The maximum atomic E-state index is 13.9. The first-order valence-corrected chi connectivity index (χ1v) is 12.0. The lowest BCUT2D eigenvalue weighted by Gasteiger charge is -2.12. The topological polar surface area (TPSA) is 115 Å². The van der Waals surface area contributed by atoms with Crippen molar-refractivity contribution in [3.05, 3.63) is 83.2 Å². The van der Waals surface area contributed by atoms with E-state index in [1.54, 1.807) is 13.2 Å². The lowest BCUT2D eigenvalue weighted by Crippen LogP contribution is -2.09. The Kier molecular flexibility index (Phi) is 10.4. The number of aryl methyl sites for hydroxylation is 1. The Bertz CT molecular complexity index is 1390. The zero-order valence-corrected chi connectivity index (χ0v) is 21.5. The minimum absolute atomic E-state index is 0.0153. The molecule has 9 heteroatoms. The van der Waals surface area contributed by atoms with E-state index in [-0.39, 0.29) is 17.8 Å². The lowest BCUT2D eigenvalue weighted by atomic mass is 9.94. The SMILES string of the molecule is CNCCCC(=O)O.COCc1cc(-c2nc(-c3ccc(C=O)c(F)c3)no2)ccc1-c1ccccc1C. The molecule has 3 aromatic carbocycles. The van der Waals surface area contributed by atoms with Crippen LogP contribution in [0.3, 0.4) is 0 Å². The Labute approximate surface area is 220 Å². The highest BCUT2D eigenvalue weighted by molar-refractivity contribution is 5.77. The Morgan fingerprint density at radius 2 is 1.87 bits per heavy atom. The molecule has 0 atom stereocenters. The minimum Gasteiger partial charge on any atom is -0.481 e. The number of benzene rings is 3. The van der Waals surface area contributed by atoms with Crippen LogP contribution in [0.4, 0.5) is 4.39 Å². The molecule has 8 nitrogen and oxygen atoms in total. The number of aliphatic carboxylic acids is 1. The summed E-state index contributed by atoms with van der Waals surface area (Å²) in [7, 11) is 3.46. The van der Waals surface area contributed by atoms with Crippen molar-refractivity contribution in [2.75, 3.05) is 20.7 Å². The molecular formula is C29H30FN3O5. The van der Waals surface area contributed by atoms with Crippen molar-refractivity contribution in [2.45, 2.75) is 26.4 Å². The highest BCUT2D eigenvalue weighted by Crippen LogP contribution is 2.31. The minimum atomic E-state index is -0.722. The number of carbonyl (C=O) groups is 2. The third-order valence-electron chi connectivity index (χ3n) is 5.72. The van der Waals surface area contributed by atoms with Gasteiger partial charge in [0.05, 0.1) is 12.2 Å². The first kappa shape index (κ1) is 28.4. The molecule has 0 saturated carbocycles. The molecule has 0 spiro atoms. The lowest BCUT2D eigenvalue weighted by molar-refractivity contribution is -0.137. The number of halogens is 1. The van der Waals surface area contributed by atoms with Gasteiger partial charge in [0, 0.05) is 24.7 Å². The van der Waals surface area contributed by atoms with Crippen LogP contribution in [0.5, 0.6) is 0 Å². The van der Waals surface area contributed by atoms with Gasteiger partial charge in [-0.3, -0.25) is 9.59 Å². The quantitative estimate of drug-likeness (QED) is 0.207. The molecular weight excluding hydrogens is 489 g/mol. The third kappa shape index (κ3) is 7.41. The normalized spacial score (nSPS) is 10.5. The summed E-state index contributed by atoms with van der Waals surface area (Å²) in [4.78, 5) is 25.0. The van der Waals surface area contributed by atoms with Crippen molar-refractivity contribution in [2.24, 2.45) is 0 Å². The smallest absolute Gasteiger partial charge is 0.303 e. The number of aldehydes is 1. The zero-order chi connectivity index (χ0) is 27.5. The molecule has 0 unspecified atom stereocenters. The van der Waals surface area contributed by atoms with Crippen LogP contribution in [0.25, 0.3) is 34.0 Å². The largest absolute Gasteiger partial charge is 0.481 e. The van der Waals surface area contributed by atoms with Gasteiger partial charge >= 0.3 is 5.97 Å². The summed E-state index contributed by atoms with van der Waals surface area (Å²) in [6, 6.07) is 18.2. The van der Waals surface area contributed by atoms with Crippen LogP contribution in [0.2, 0.25) is 0 Å². The average molecular weight is 520 g/mol. The molecule has 4 rings (SSSR count). The monoisotopic (exact) mass is 519 g/mol. The fourth-order valence-electron chi connectivity index (χ4n) is 3.78. The van der Waals surface area contributed by atoms with Gasteiger partial charge < -0.3 is 19.7 Å². The molecule has 1 aromatic heterocycles. The number of nitrogens with zero attached hydrogens (tertiary/aromatic N) is 2. The van der Waals surface area contributed by atoms with Crippen LogP contribution in [0.1, 0.15) is 34.3 Å². The Balaban J connectivity index is 0.000000436. The number of carbonyl (C=O) groups excluding carboxylic acids is 1. The van der Waals surface area contributed by atoms with Gasteiger partial charge in [-0.25, -0.2) is 4.39 Å². The number of hydrogen-bond donors (Lipinski definition) is 2. The Morgan fingerprint density at radius 3 is 2.53 bits per heavy atom. The predicted molar refractivity (Wildman–Crippen MR) is 142 cm³/mol. The van der Waals surface area contributed by atoms with Gasteiger partial charge in [-0.2, -0.15) is 4.98 Å². The molecule has 0 aliphatic heterocycles. The molecule has 4 aromatic rings. The maximum Gasteiger partial charge on any atom is 0.303 e. The van der Waals surface area contributed by atoms with Gasteiger partial charge in [0.2, 0.25) is 5.82 Å². The van der Waals surface area contributed by atoms with E-state index < -0.39 is 11.8 Å². The molecule has 0 aliphatic rings. The Morgan fingerprint density at radius 1 is 1.11 bits per heavy atom. The molecule has 0 amide bonds. The van der Waals surface area contributed by atoms with E-state index in [1.807, 2.05) is 37.4 Å². The number of ether oxygens (including phenoxy) is 1. The fraction of sp³-hybridized carbons (Fsp3) is 0.241. The third-order valence-corrected chi connectivity index (χ3v) is 5.72. The number of rotatable bonds is 10. The highest BCUT2D eigenvalue weighted by Gasteiger charge is 2.15. The van der Waals surface area contributed by atoms with Crippen LogP contribution in [0, 0.1) is 12.7 Å². The van der Waals surface area contributed by atoms with E-state index in [0.29, 0.717) is 30.8 Å². The molecule has 0 fully saturated rings. The molecule has 2 N–H and O–H groups in total. The number of methoxy groups -OCH3 is 1. The van der Waals surface area contributed by atoms with E-state index in [1.165, 1.54) is 17.7 Å². The summed E-state index contributed by atoms with van der Waals surface area (Å²) in [5.41, 5.74) is 5.52. The van der Waals surface area contributed by atoms with Gasteiger partial charge in [0.1, 0.15) is 5.82 Å². The number of nitrogens with one attached hydrogen (secondary N) is 1. The van der Waals surface area contributed by atoms with E-state index in [9.17, 15) is 14.0 Å². The standard InChI is InChI=1S/C24H19FN2O3.C5H11NO2/c1-15-5-3-4-6-20(15)21-10-9-17(11-19(21)14-29-2)24-26-23(27-30-24)16-7-8-18(13-28)22(25)12-16;1-6-4-2-3-5(7)8/h3-13H,14H2,1-2H3;6H,2-4H2,1H3,(H,7,8). The molecule has 198 valence electrons. The second kappa shape index (κ2) is 13.9. The second-order valence-electron chi connectivity index (χ2n) is 8.50. The number of hydrogen-bond acceptors (Lipinski definition) is 7. The van der Waals surface area contributed by atoms with Gasteiger partial charge in [-0.15, -0.1) is 0 Å². The fourth-order valence-corrected chi connectivity index (χ4v) is 3.78. The zero-order valence-electron chi connectivity index (χ0n) is 21.5. The summed E-state index contributed by atoms with van der Waals surface area (Å²) in [5, 5.41) is 14.9. The van der Waals surface area contributed by atoms with Crippen molar-refractivity contribution in [1.82, 2.24) is 15.5 Å². The predicted octanol–water partition coefficient (Wildman–Crippen LogP) is 5.55. The summed E-state index contributed by atoms with van der Waals surface area (Å²) in [6.45, 7) is 3.28.